The highest BCUT2D eigenvalue weighted by Crippen LogP contribution is 2.22. The summed E-state index contributed by atoms with van der Waals surface area (Å²) >= 11 is 0. The summed E-state index contributed by atoms with van der Waals surface area (Å²) in [5.41, 5.74) is 1.28. The number of aliphatic hydroxyl groups excluding tert-OH is 1. The Labute approximate surface area is 121 Å². The first-order valence-corrected chi connectivity index (χ1v) is 7.58. The molecule has 1 aliphatic rings. The number of piperidine rings is 1. The van der Waals surface area contributed by atoms with Gasteiger partial charge in [-0.05, 0) is 30.2 Å². The largest absolute Gasteiger partial charge is 0.391 e. The van der Waals surface area contributed by atoms with Crippen LogP contribution in [0.4, 0.5) is 0 Å². The third kappa shape index (κ3) is 3.83. The Balaban J connectivity index is 1.80. The first kappa shape index (κ1) is 15.0. The van der Waals surface area contributed by atoms with Gasteiger partial charge in [-0.2, -0.15) is 0 Å². The van der Waals surface area contributed by atoms with Crippen LogP contribution < -0.4 is 0 Å². The molecule has 3 atom stereocenters. The minimum atomic E-state index is -0.362. The molecule has 3 unspecified atom stereocenters. The van der Waals surface area contributed by atoms with Crippen LogP contribution in [-0.4, -0.2) is 35.1 Å². The third-order valence-corrected chi connectivity index (χ3v) is 4.43. The lowest BCUT2D eigenvalue weighted by atomic mass is 9.94. The second-order valence-electron chi connectivity index (χ2n) is 6.02. The molecule has 1 saturated heterocycles. The van der Waals surface area contributed by atoms with Gasteiger partial charge in [0.1, 0.15) is 0 Å². The maximum atomic E-state index is 12.2. The highest BCUT2D eigenvalue weighted by molar-refractivity contribution is 5.76. The molecule has 110 valence electrons. The normalized spacial score (nSPS) is 24.4. The predicted molar refractivity (Wildman–Crippen MR) is 80.5 cm³/mol. The van der Waals surface area contributed by atoms with Gasteiger partial charge in [-0.3, -0.25) is 4.79 Å². The van der Waals surface area contributed by atoms with E-state index in [1.54, 1.807) is 0 Å². The number of amides is 1. The van der Waals surface area contributed by atoms with E-state index in [-0.39, 0.29) is 12.0 Å². The molecule has 0 spiro atoms. The number of rotatable bonds is 4. The number of likely N-dealkylation sites (tertiary alicyclic amines) is 1. The van der Waals surface area contributed by atoms with Gasteiger partial charge in [0.15, 0.2) is 0 Å². The third-order valence-electron chi connectivity index (χ3n) is 4.43. The standard InChI is InChI=1S/C17H25NO2/c1-13(15-6-4-3-5-7-15)8-9-17(20)18-11-10-14(2)16(19)12-18/h3-7,13-14,16,19H,8-12H2,1-2H3. The van der Waals surface area contributed by atoms with Crippen LogP contribution in [0.2, 0.25) is 0 Å². The number of carbonyl (C=O) groups excluding carboxylic acids is 1. The Morgan fingerprint density at radius 3 is 2.75 bits per heavy atom. The van der Waals surface area contributed by atoms with Gasteiger partial charge in [0.2, 0.25) is 5.91 Å². The molecule has 1 aromatic rings. The number of hydrogen-bond acceptors (Lipinski definition) is 2. The van der Waals surface area contributed by atoms with E-state index in [1.165, 1.54) is 5.56 Å². The number of β-amino-alcohol motifs (C(OH)–C–C–N with tert-alkyl or cyclic N) is 1. The van der Waals surface area contributed by atoms with Crippen molar-refractivity contribution < 1.29 is 9.90 Å². The first-order chi connectivity index (χ1) is 9.58. The van der Waals surface area contributed by atoms with E-state index in [4.69, 9.17) is 0 Å². The average Bonchev–Trinajstić information content (AvgIpc) is 2.48. The van der Waals surface area contributed by atoms with Crippen LogP contribution in [0, 0.1) is 5.92 Å². The molecule has 1 aliphatic heterocycles. The Hall–Kier alpha value is -1.35. The second kappa shape index (κ2) is 6.89. The summed E-state index contributed by atoms with van der Waals surface area (Å²) in [6.07, 6.45) is 1.97. The van der Waals surface area contributed by atoms with Crippen molar-refractivity contribution in [3.05, 3.63) is 35.9 Å². The predicted octanol–water partition coefficient (Wildman–Crippen LogP) is 2.80. The Morgan fingerprint density at radius 2 is 2.10 bits per heavy atom. The monoisotopic (exact) mass is 275 g/mol. The molecule has 0 saturated carbocycles. The van der Waals surface area contributed by atoms with E-state index < -0.39 is 0 Å². The van der Waals surface area contributed by atoms with Gasteiger partial charge < -0.3 is 10.0 Å². The van der Waals surface area contributed by atoms with Gasteiger partial charge in [0.25, 0.3) is 0 Å². The fraction of sp³-hybridized carbons (Fsp3) is 0.588. The van der Waals surface area contributed by atoms with Gasteiger partial charge in [-0.25, -0.2) is 0 Å². The van der Waals surface area contributed by atoms with E-state index in [0.29, 0.717) is 24.8 Å². The quantitative estimate of drug-likeness (QED) is 0.918. The average molecular weight is 275 g/mol. The van der Waals surface area contributed by atoms with E-state index in [0.717, 1.165) is 19.4 Å². The van der Waals surface area contributed by atoms with E-state index in [2.05, 4.69) is 19.1 Å². The van der Waals surface area contributed by atoms with Crippen molar-refractivity contribution >= 4 is 5.91 Å². The smallest absolute Gasteiger partial charge is 0.222 e. The molecule has 1 aromatic carbocycles. The number of benzene rings is 1. The van der Waals surface area contributed by atoms with Crippen molar-refractivity contribution in [1.29, 1.82) is 0 Å². The number of carbonyl (C=O) groups is 1. The van der Waals surface area contributed by atoms with Crippen LogP contribution in [-0.2, 0) is 4.79 Å². The molecule has 1 N–H and O–H groups in total. The molecule has 3 nitrogen and oxygen atoms in total. The highest BCUT2D eigenvalue weighted by Gasteiger charge is 2.27. The van der Waals surface area contributed by atoms with Gasteiger partial charge in [-0.1, -0.05) is 44.2 Å². The molecule has 0 radical (unpaired) electrons. The molecule has 0 aliphatic carbocycles. The van der Waals surface area contributed by atoms with Crippen molar-refractivity contribution in [2.45, 2.75) is 45.1 Å². The zero-order chi connectivity index (χ0) is 14.5. The zero-order valence-corrected chi connectivity index (χ0v) is 12.5. The second-order valence-corrected chi connectivity index (χ2v) is 6.02. The van der Waals surface area contributed by atoms with Crippen LogP contribution in [0.25, 0.3) is 0 Å². The zero-order valence-electron chi connectivity index (χ0n) is 12.5. The Morgan fingerprint density at radius 1 is 1.40 bits per heavy atom. The van der Waals surface area contributed by atoms with E-state index in [1.807, 2.05) is 30.0 Å². The van der Waals surface area contributed by atoms with Gasteiger partial charge in [-0.15, -0.1) is 0 Å². The summed E-state index contributed by atoms with van der Waals surface area (Å²) in [5, 5.41) is 9.86. The lowest BCUT2D eigenvalue weighted by Crippen LogP contribution is -2.45. The van der Waals surface area contributed by atoms with Crippen molar-refractivity contribution in [2.75, 3.05) is 13.1 Å². The number of nitrogens with zero attached hydrogens (tertiary/aromatic N) is 1. The molecule has 1 amide bonds. The molecule has 1 fully saturated rings. The van der Waals surface area contributed by atoms with Crippen molar-refractivity contribution in [3.63, 3.8) is 0 Å². The van der Waals surface area contributed by atoms with Crippen molar-refractivity contribution in [1.82, 2.24) is 4.90 Å². The summed E-state index contributed by atoms with van der Waals surface area (Å²) < 4.78 is 0. The number of hydrogen-bond donors (Lipinski definition) is 1. The molecular weight excluding hydrogens is 250 g/mol. The maximum absolute atomic E-state index is 12.2. The lowest BCUT2D eigenvalue weighted by Gasteiger charge is -2.34. The van der Waals surface area contributed by atoms with Crippen molar-refractivity contribution in [2.24, 2.45) is 5.92 Å². The molecule has 0 bridgehead atoms. The summed E-state index contributed by atoms with van der Waals surface area (Å²) in [6.45, 7) is 5.50. The van der Waals surface area contributed by atoms with E-state index in [9.17, 15) is 9.90 Å². The van der Waals surface area contributed by atoms with Crippen LogP contribution >= 0.6 is 0 Å². The van der Waals surface area contributed by atoms with Crippen LogP contribution in [0.15, 0.2) is 30.3 Å². The van der Waals surface area contributed by atoms with E-state index >= 15 is 0 Å². The molecule has 1 heterocycles. The molecule has 0 aromatic heterocycles. The summed E-state index contributed by atoms with van der Waals surface area (Å²) in [7, 11) is 0. The van der Waals surface area contributed by atoms with Crippen LogP contribution in [0.5, 0.6) is 0 Å². The summed E-state index contributed by atoms with van der Waals surface area (Å²) in [5.74, 6) is 0.884. The summed E-state index contributed by atoms with van der Waals surface area (Å²) in [6, 6.07) is 10.3. The fourth-order valence-electron chi connectivity index (χ4n) is 2.72. The molecule has 20 heavy (non-hydrogen) atoms. The molecule has 2 rings (SSSR count). The van der Waals surface area contributed by atoms with Crippen LogP contribution in [0.3, 0.4) is 0 Å². The minimum absolute atomic E-state index is 0.179. The van der Waals surface area contributed by atoms with Gasteiger partial charge >= 0.3 is 0 Å². The number of aliphatic hydroxyl groups is 1. The molecule has 3 heteroatoms. The van der Waals surface area contributed by atoms with Crippen molar-refractivity contribution in [3.8, 4) is 0 Å². The topological polar surface area (TPSA) is 40.5 Å². The lowest BCUT2D eigenvalue weighted by molar-refractivity contribution is -0.135. The minimum Gasteiger partial charge on any atom is -0.391 e. The van der Waals surface area contributed by atoms with Gasteiger partial charge in [0.05, 0.1) is 6.10 Å². The highest BCUT2D eigenvalue weighted by atomic mass is 16.3. The Bertz CT molecular complexity index is 432. The maximum Gasteiger partial charge on any atom is 0.222 e. The Kier molecular flexibility index (Phi) is 5.18. The summed E-state index contributed by atoms with van der Waals surface area (Å²) in [4.78, 5) is 14.0. The SMILES string of the molecule is CC(CCC(=O)N1CCC(C)C(O)C1)c1ccccc1. The van der Waals surface area contributed by atoms with Gasteiger partial charge in [0, 0.05) is 19.5 Å². The fourth-order valence-corrected chi connectivity index (χ4v) is 2.72. The molecular formula is C17H25NO2. The van der Waals surface area contributed by atoms with Crippen LogP contribution in [0.1, 0.15) is 44.6 Å². The first-order valence-electron chi connectivity index (χ1n) is 7.58.